The third kappa shape index (κ3) is 3.99. The zero-order valence-electron chi connectivity index (χ0n) is 19.7. The standard InChI is InChI=1S/C27H25FN6O/c1-4-18-6-5-11-33(15-18)27(35)25-16-34(21-9-10-24-22(13-21)17(2)32(3)31-24)26(30-25)19-7-8-20(14-29)23(28)12-19/h4,7-10,12-13,16,18H,1,5-6,11,15H2,2-3H3/t18-/m0/s1. The van der Waals surface area contributed by atoms with Crippen LogP contribution >= 0.6 is 0 Å². The lowest BCUT2D eigenvalue weighted by Gasteiger charge is -2.30. The van der Waals surface area contributed by atoms with Crippen LogP contribution < -0.4 is 0 Å². The van der Waals surface area contributed by atoms with Crippen LogP contribution in [-0.4, -0.2) is 43.2 Å². The van der Waals surface area contributed by atoms with Gasteiger partial charge in [0.05, 0.1) is 11.1 Å². The van der Waals surface area contributed by atoms with Crippen molar-refractivity contribution in [3.05, 3.63) is 78.0 Å². The number of hydrogen-bond acceptors (Lipinski definition) is 4. The molecule has 1 amide bonds. The molecule has 5 rings (SSSR count). The van der Waals surface area contributed by atoms with Crippen molar-refractivity contribution in [3.63, 3.8) is 0 Å². The van der Waals surface area contributed by atoms with Crippen LogP contribution in [0.25, 0.3) is 28.0 Å². The van der Waals surface area contributed by atoms with E-state index in [4.69, 9.17) is 5.26 Å². The third-order valence-electron chi connectivity index (χ3n) is 6.74. The van der Waals surface area contributed by atoms with Crippen LogP contribution in [0.5, 0.6) is 0 Å². The van der Waals surface area contributed by atoms with Gasteiger partial charge in [-0.1, -0.05) is 6.08 Å². The van der Waals surface area contributed by atoms with E-state index in [1.54, 1.807) is 21.7 Å². The topological polar surface area (TPSA) is 79.7 Å². The van der Waals surface area contributed by atoms with E-state index in [0.29, 0.717) is 24.5 Å². The normalized spacial score (nSPS) is 15.8. The van der Waals surface area contributed by atoms with Crippen molar-refractivity contribution in [1.29, 1.82) is 5.26 Å². The van der Waals surface area contributed by atoms with Crippen molar-refractivity contribution in [2.45, 2.75) is 19.8 Å². The average Bonchev–Trinajstić information content (AvgIpc) is 3.44. The van der Waals surface area contributed by atoms with Gasteiger partial charge in [-0.3, -0.25) is 14.0 Å². The summed E-state index contributed by atoms with van der Waals surface area (Å²) in [5.41, 5.74) is 3.37. The molecule has 8 heteroatoms. The summed E-state index contributed by atoms with van der Waals surface area (Å²) in [4.78, 5) is 19.9. The molecular weight excluding hydrogens is 443 g/mol. The van der Waals surface area contributed by atoms with Gasteiger partial charge in [0.2, 0.25) is 0 Å². The SMILES string of the molecule is C=C[C@H]1CCCN(C(=O)c2cn(-c3ccc4nn(C)c(C)c4c3)c(-c3ccc(C#N)c(F)c3)n2)C1. The Morgan fingerprint density at radius 1 is 1.29 bits per heavy atom. The molecule has 2 aromatic heterocycles. The molecular formula is C27H25FN6O. The fourth-order valence-corrected chi connectivity index (χ4v) is 4.64. The van der Waals surface area contributed by atoms with Gasteiger partial charge in [0, 0.05) is 48.7 Å². The first-order valence-corrected chi connectivity index (χ1v) is 11.5. The number of amides is 1. The van der Waals surface area contributed by atoms with Crippen molar-refractivity contribution in [2.75, 3.05) is 13.1 Å². The number of nitriles is 1. The van der Waals surface area contributed by atoms with Crippen molar-refractivity contribution >= 4 is 16.8 Å². The summed E-state index contributed by atoms with van der Waals surface area (Å²) in [6.07, 6.45) is 5.53. The molecule has 4 aromatic rings. The molecule has 0 bridgehead atoms. The predicted octanol–water partition coefficient (Wildman–Crippen LogP) is 4.78. The van der Waals surface area contributed by atoms with Gasteiger partial charge in [-0.25, -0.2) is 9.37 Å². The average molecular weight is 469 g/mol. The predicted molar refractivity (Wildman–Crippen MR) is 132 cm³/mol. The highest BCUT2D eigenvalue weighted by Gasteiger charge is 2.26. The fraction of sp³-hybridized carbons (Fsp3) is 0.259. The Bertz CT molecular complexity index is 1510. The molecule has 0 unspecified atom stereocenters. The highest BCUT2D eigenvalue weighted by atomic mass is 19.1. The third-order valence-corrected chi connectivity index (χ3v) is 6.74. The summed E-state index contributed by atoms with van der Waals surface area (Å²) < 4.78 is 18.1. The number of nitrogens with zero attached hydrogens (tertiary/aromatic N) is 6. The zero-order valence-corrected chi connectivity index (χ0v) is 19.7. The number of fused-ring (bicyclic) bond motifs is 1. The van der Waals surface area contributed by atoms with Crippen LogP contribution in [0, 0.1) is 30.0 Å². The van der Waals surface area contributed by atoms with Crippen LogP contribution in [0.3, 0.4) is 0 Å². The minimum absolute atomic E-state index is 0.0423. The lowest BCUT2D eigenvalue weighted by Crippen LogP contribution is -2.39. The molecule has 1 saturated heterocycles. The maximum atomic E-state index is 14.5. The van der Waals surface area contributed by atoms with Gasteiger partial charge >= 0.3 is 0 Å². The minimum atomic E-state index is -0.629. The number of benzene rings is 2. The number of piperidine rings is 1. The number of rotatable bonds is 4. The lowest BCUT2D eigenvalue weighted by molar-refractivity contribution is 0.0690. The number of aromatic nitrogens is 4. The Hall–Kier alpha value is -4.25. The van der Waals surface area contributed by atoms with E-state index in [-0.39, 0.29) is 23.1 Å². The molecule has 1 aliphatic rings. The Morgan fingerprint density at radius 2 is 2.11 bits per heavy atom. The summed E-state index contributed by atoms with van der Waals surface area (Å²) in [7, 11) is 1.89. The fourth-order valence-electron chi connectivity index (χ4n) is 4.64. The lowest BCUT2D eigenvalue weighted by atomic mass is 9.98. The monoisotopic (exact) mass is 468 g/mol. The molecule has 35 heavy (non-hydrogen) atoms. The maximum absolute atomic E-state index is 14.5. The van der Waals surface area contributed by atoms with Gasteiger partial charge in [-0.15, -0.1) is 6.58 Å². The van der Waals surface area contributed by atoms with Crippen molar-refractivity contribution in [1.82, 2.24) is 24.2 Å². The van der Waals surface area contributed by atoms with Crippen LogP contribution in [0.1, 0.15) is 34.6 Å². The Labute approximate surface area is 202 Å². The first-order valence-electron chi connectivity index (χ1n) is 11.5. The molecule has 0 saturated carbocycles. The summed E-state index contributed by atoms with van der Waals surface area (Å²) in [5.74, 6) is -0.104. The van der Waals surface area contributed by atoms with E-state index < -0.39 is 5.82 Å². The van der Waals surface area contributed by atoms with Gasteiger partial charge in [0.1, 0.15) is 23.4 Å². The molecule has 7 nitrogen and oxygen atoms in total. The van der Waals surface area contributed by atoms with E-state index in [0.717, 1.165) is 35.1 Å². The van der Waals surface area contributed by atoms with Gasteiger partial charge in [0.15, 0.2) is 0 Å². The zero-order chi connectivity index (χ0) is 24.7. The van der Waals surface area contributed by atoms with E-state index in [2.05, 4.69) is 16.7 Å². The quantitative estimate of drug-likeness (QED) is 0.404. The highest BCUT2D eigenvalue weighted by Crippen LogP contribution is 2.29. The van der Waals surface area contributed by atoms with Crippen molar-refractivity contribution < 1.29 is 9.18 Å². The second kappa shape index (κ2) is 8.84. The Kier molecular flexibility index (Phi) is 5.69. The second-order valence-electron chi connectivity index (χ2n) is 8.93. The number of halogens is 1. The van der Waals surface area contributed by atoms with Gasteiger partial charge < -0.3 is 4.90 Å². The second-order valence-corrected chi connectivity index (χ2v) is 8.93. The van der Waals surface area contributed by atoms with Gasteiger partial charge in [0.25, 0.3) is 5.91 Å². The number of aryl methyl sites for hydroxylation is 2. The maximum Gasteiger partial charge on any atom is 0.274 e. The first-order chi connectivity index (χ1) is 16.9. The number of likely N-dealkylation sites (tertiary alicyclic amines) is 1. The molecule has 1 atom stereocenters. The van der Waals surface area contributed by atoms with Crippen LogP contribution in [-0.2, 0) is 7.05 Å². The molecule has 3 heterocycles. The Morgan fingerprint density at radius 3 is 2.86 bits per heavy atom. The van der Waals surface area contributed by atoms with E-state index >= 15 is 0 Å². The van der Waals surface area contributed by atoms with E-state index in [1.807, 2.05) is 49.0 Å². The highest BCUT2D eigenvalue weighted by molar-refractivity contribution is 5.93. The molecule has 2 aromatic carbocycles. The summed E-state index contributed by atoms with van der Waals surface area (Å²) >= 11 is 0. The molecule has 0 radical (unpaired) electrons. The summed E-state index contributed by atoms with van der Waals surface area (Å²) in [6, 6.07) is 12.0. The molecule has 176 valence electrons. The summed E-state index contributed by atoms with van der Waals surface area (Å²) in [6.45, 7) is 7.15. The van der Waals surface area contributed by atoms with E-state index in [9.17, 15) is 9.18 Å². The van der Waals surface area contributed by atoms with Crippen LogP contribution in [0.4, 0.5) is 4.39 Å². The van der Waals surface area contributed by atoms with E-state index in [1.165, 1.54) is 12.1 Å². The van der Waals surface area contributed by atoms with Crippen LogP contribution in [0.2, 0.25) is 0 Å². The first kappa shape index (κ1) is 22.5. The largest absolute Gasteiger partial charge is 0.337 e. The van der Waals surface area contributed by atoms with Crippen molar-refractivity contribution in [2.24, 2.45) is 13.0 Å². The smallest absolute Gasteiger partial charge is 0.274 e. The Balaban J connectivity index is 1.63. The van der Waals surface area contributed by atoms with Gasteiger partial charge in [-0.2, -0.15) is 10.4 Å². The van der Waals surface area contributed by atoms with Gasteiger partial charge in [-0.05, 0) is 62.1 Å². The molecule has 0 spiro atoms. The van der Waals surface area contributed by atoms with Crippen LogP contribution in [0.15, 0.2) is 55.3 Å². The number of carbonyl (C=O) groups excluding carboxylic acids is 1. The number of hydrogen-bond donors (Lipinski definition) is 0. The molecule has 1 fully saturated rings. The number of carbonyl (C=O) groups is 1. The molecule has 1 aliphatic heterocycles. The molecule has 0 aliphatic carbocycles. The van der Waals surface area contributed by atoms with Crippen molar-refractivity contribution in [3.8, 4) is 23.1 Å². The summed E-state index contributed by atoms with van der Waals surface area (Å²) in [5, 5.41) is 14.6. The minimum Gasteiger partial charge on any atom is -0.337 e. The molecule has 0 N–H and O–H groups in total. The number of imidazole rings is 1.